The zero-order valence-electron chi connectivity index (χ0n) is 25.4. The molecular formula is C43H28N2O2. The Morgan fingerprint density at radius 2 is 0.936 bits per heavy atom. The number of benzene rings is 7. The van der Waals surface area contributed by atoms with E-state index in [2.05, 4.69) is 120 Å². The van der Waals surface area contributed by atoms with Crippen molar-refractivity contribution in [3.8, 4) is 33.7 Å². The van der Waals surface area contributed by atoms with Crippen molar-refractivity contribution in [2.45, 2.75) is 0 Å². The van der Waals surface area contributed by atoms with Crippen molar-refractivity contribution in [1.82, 2.24) is 4.98 Å². The highest BCUT2D eigenvalue weighted by atomic mass is 16.3. The average Bonchev–Trinajstić information content (AvgIpc) is 3.75. The first kappa shape index (κ1) is 27.0. The lowest BCUT2D eigenvalue weighted by Gasteiger charge is -2.27. The maximum Gasteiger partial charge on any atom is 0.228 e. The van der Waals surface area contributed by atoms with Gasteiger partial charge in [-0.2, -0.15) is 0 Å². The first-order valence-electron chi connectivity index (χ1n) is 15.7. The minimum Gasteiger partial charge on any atom is -0.456 e. The summed E-state index contributed by atoms with van der Waals surface area (Å²) >= 11 is 0. The molecule has 0 aliphatic heterocycles. The van der Waals surface area contributed by atoms with E-state index in [1.54, 1.807) is 0 Å². The van der Waals surface area contributed by atoms with Crippen molar-refractivity contribution >= 4 is 50.1 Å². The molecule has 0 spiro atoms. The number of fused-ring (bicyclic) bond motifs is 4. The Morgan fingerprint density at radius 3 is 1.60 bits per heavy atom. The summed E-state index contributed by atoms with van der Waals surface area (Å²) in [5, 5.41) is 1.96. The SMILES string of the molecule is c1ccc(-c2cccc(N(c3cccc(-c4ccccc4)c3)c3cccc4oc5cccc(-c6nc7ccccc7o6)c5c34)c2)cc1. The number of hydrogen-bond donors (Lipinski definition) is 0. The van der Waals surface area contributed by atoms with Crippen LogP contribution in [-0.2, 0) is 0 Å². The van der Waals surface area contributed by atoms with Crippen LogP contribution in [0.25, 0.3) is 66.7 Å². The van der Waals surface area contributed by atoms with E-state index >= 15 is 0 Å². The predicted octanol–water partition coefficient (Wildman–Crippen LogP) is 12.2. The van der Waals surface area contributed by atoms with Crippen LogP contribution >= 0.6 is 0 Å². The van der Waals surface area contributed by atoms with Gasteiger partial charge in [-0.1, -0.05) is 109 Å². The Kier molecular flexibility index (Phi) is 6.43. The normalized spacial score (nSPS) is 11.4. The Hall–Kier alpha value is -6.39. The van der Waals surface area contributed by atoms with Crippen LogP contribution in [0.2, 0.25) is 0 Å². The van der Waals surface area contributed by atoms with Gasteiger partial charge in [0.1, 0.15) is 16.7 Å². The molecule has 0 aliphatic rings. The van der Waals surface area contributed by atoms with Gasteiger partial charge in [-0.05, 0) is 82.9 Å². The summed E-state index contributed by atoms with van der Waals surface area (Å²) in [6.07, 6.45) is 0. The van der Waals surface area contributed by atoms with E-state index < -0.39 is 0 Å². The average molecular weight is 605 g/mol. The largest absolute Gasteiger partial charge is 0.456 e. The summed E-state index contributed by atoms with van der Waals surface area (Å²) in [7, 11) is 0. The molecule has 4 heteroatoms. The zero-order valence-corrected chi connectivity index (χ0v) is 25.4. The van der Waals surface area contributed by atoms with Crippen molar-refractivity contribution in [3.05, 3.63) is 170 Å². The number of nitrogens with zero attached hydrogens (tertiary/aromatic N) is 2. The van der Waals surface area contributed by atoms with E-state index in [9.17, 15) is 0 Å². The maximum atomic E-state index is 6.54. The van der Waals surface area contributed by atoms with Gasteiger partial charge in [0.15, 0.2) is 5.58 Å². The van der Waals surface area contributed by atoms with Crippen molar-refractivity contribution < 1.29 is 8.83 Å². The van der Waals surface area contributed by atoms with Crippen LogP contribution in [-0.4, -0.2) is 4.98 Å². The second kappa shape index (κ2) is 11.2. The topological polar surface area (TPSA) is 42.4 Å². The summed E-state index contributed by atoms with van der Waals surface area (Å²) in [4.78, 5) is 7.21. The van der Waals surface area contributed by atoms with Gasteiger partial charge in [-0.25, -0.2) is 4.98 Å². The van der Waals surface area contributed by atoms with Gasteiger partial charge in [0, 0.05) is 22.3 Å². The third-order valence-corrected chi connectivity index (χ3v) is 8.69. The van der Waals surface area contributed by atoms with Crippen LogP contribution in [0.15, 0.2) is 179 Å². The lowest BCUT2D eigenvalue weighted by molar-refractivity contribution is 0.620. The van der Waals surface area contributed by atoms with Gasteiger partial charge in [0.05, 0.1) is 11.1 Å². The number of rotatable bonds is 6. The molecule has 9 aromatic rings. The number of anilines is 3. The quantitative estimate of drug-likeness (QED) is 0.189. The van der Waals surface area contributed by atoms with Crippen molar-refractivity contribution in [1.29, 1.82) is 0 Å². The fraction of sp³-hybridized carbons (Fsp3) is 0. The molecule has 7 aromatic carbocycles. The highest BCUT2D eigenvalue weighted by Gasteiger charge is 2.23. The third-order valence-electron chi connectivity index (χ3n) is 8.69. The third kappa shape index (κ3) is 4.75. The number of hydrogen-bond acceptors (Lipinski definition) is 4. The van der Waals surface area contributed by atoms with E-state index in [0.717, 1.165) is 77.9 Å². The van der Waals surface area contributed by atoms with Crippen LogP contribution in [0.5, 0.6) is 0 Å². The first-order valence-corrected chi connectivity index (χ1v) is 15.7. The minimum atomic E-state index is 0.568. The van der Waals surface area contributed by atoms with Gasteiger partial charge < -0.3 is 13.7 Å². The molecule has 0 fully saturated rings. The molecule has 2 aromatic heterocycles. The lowest BCUT2D eigenvalue weighted by Crippen LogP contribution is -2.10. The molecule has 0 amide bonds. The molecule has 0 aliphatic carbocycles. The fourth-order valence-corrected chi connectivity index (χ4v) is 6.54. The molecule has 0 saturated heterocycles. The Labute approximate surface area is 271 Å². The summed E-state index contributed by atoms with van der Waals surface area (Å²) in [6, 6.07) is 58.7. The number of oxazole rings is 1. The molecule has 0 atom stereocenters. The van der Waals surface area contributed by atoms with Crippen molar-refractivity contribution in [2.24, 2.45) is 0 Å². The molecule has 0 unspecified atom stereocenters. The number of furan rings is 1. The van der Waals surface area contributed by atoms with Crippen LogP contribution in [0.3, 0.4) is 0 Å². The van der Waals surface area contributed by atoms with Crippen molar-refractivity contribution in [3.63, 3.8) is 0 Å². The zero-order chi connectivity index (χ0) is 31.2. The van der Waals surface area contributed by atoms with E-state index in [0.29, 0.717) is 5.89 Å². The molecule has 0 radical (unpaired) electrons. The van der Waals surface area contributed by atoms with Crippen LogP contribution in [0, 0.1) is 0 Å². The summed E-state index contributed by atoms with van der Waals surface area (Å²) in [5.41, 5.74) is 11.7. The molecule has 4 nitrogen and oxygen atoms in total. The highest BCUT2D eigenvalue weighted by molar-refractivity contribution is 6.18. The second-order valence-electron chi connectivity index (χ2n) is 11.6. The van der Waals surface area contributed by atoms with Gasteiger partial charge in [0.2, 0.25) is 5.89 Å². The van der Waals surface area contributed by atoms with Crippen LogP contribution in [0.1, 0.15) is 0 Å². The molecule has 0 saturated carbocycles. The van der Waals surface area contributed by atoms with Gasteiger partial charge in [-0.15, -0.1) is 0 Å². The fourth-order valence-electron chi connectivity index (χ4n) is 6.54. The summed E-state index contributed by atoms with van der Waals surface area (Å²) in [5.74, 6) is 0.568. The Bertz CT molecular complexity index is 2410. The van der Waals surface area contributed by atoms with Gasteiger partial charge in [0.25, 0.3) is 0 Å². The molecule has 47 heavy (non-hydrogen) atoms. The number of aromatic nitrogens is 1. The molecule has 9 rings (SSSR count). The molecule has 0 N–H and O–H groups in total. The predicted molar refractivity (Wildman–Crippen MR) is 192 cm³/mol. The lowest BCUT2D eigenvalue weighted by atomic mass is 10.0. The first-order chi connectivity index (χ1) is 23.3. The van der Waals surface area contributed by atoms with E-state index in [1.807, 2.05) is 54.6 Å². The minimum absolute atomic E-state index is 0.568. The number of para-hydroxylation sites is 2. The van der Waals surface area contributed by atoms with E-state index in [4.69, 9.17) is 13.8 Å². The van der Waals surface area contributed by atoms with Crippen molar-refractivity contribution in [2.75, 3.05) is 4.90 Å². The van der Waals surface area contributed by atoms with E-state index in [-0.39, 0.29) is 0 Å². The molecule has 222 valence electrons. The van der Waals surface area contributed by atoms with E-state index in [1.165, 1.54) is 0 Å². The Morgan fingerprint density at radius 1 is 0.404 bits per heavy atom. The molecular weight excluding hydrogens is 576 g/mol. The summed E-state index contributed by atoms with van der Waals surface area (Å²) < 4.78 is 12.9. The molecule has 0 bridgehead atoms. The molecule has 2 heterocycles. The highest BCUT2D eigenvalue weighted by Crippen LogP contribution is 2.46. The Balaban J connectivity index is 1.32. The van der Waals surface area contributed by atoms with Crippen LogP contribution in [0.4, 0.5) is 17.1 Å². The van der Waals surface area contributed by atoms with Crippen LogP contribution < -0.4 is 4.90 Å². The van der Waals surface area contributed by atoms with Gasteiger partial charge in [-0.3, -0.25) is 0 Å². The second-order valence-corrected chi connectivity index (χ2v) is 11.6. The smallest absolute Gasteiger partial charge is 0.228 e. The monoisotopic (exact) mass is 604 g/mol. The summed E-state index contributed by atoms with van der Waals surface area (Å²) in [6.45, 7) is 0. The standard InChI is InChI=1S/C43H28N2O2/c1-3-13-29(14-4-1)31-17-9-19-33(27-31)45(34-20-10-18-32(28-34)30-15-5-2-6-16-30)37-23-12-26-40-42(37)41-35(21-11-25-39(41)46-40)43-44-36-22-7-8-24-38(36)47-43/h1-28H. The maximum absolute atomic E-state index is 6.54. The van der Waals surface area contributed by atoms with Gasteiger partial charge >= 0.3 is 0 Å².